The zero-order valence-corrected chi connectivity index (χ0v) is 58.2. The van der Waals surface area contributed by atoms with Crippen LogP contribution in [-0.2, 0) is 82.9 Å². The van der Waals surface area contributed by atoms with Crippen LogP contribution in [0.2, 0.25) is 0 Å². The van der Waals surface area contributed by atoms with Gasteiger partial charge in [-0.2, -0.15) is 29.9 Å². The molecule has 0 amide bonds. The van der Waals surface area contributed by atoms with E-state index < -0.39 is 17.9 Å². The summed E-state index contributed by atoms with van der Waals surface area (Å²) >= 11 is 0. The summed E-state index contributed by atoms with van der Waals surface area (Å²) in [7, 11) is 0. The van der Waals surface area contributed by atoms with E-state index >= 15 is 0 Å². The average molecular weight is 1410 g/mol. The number of ether oxygens (including phenoxy) is 6. The molecule has 0 N–H and O–H groups in total. The van der Waals surface area contributed by atoms with Gasteiger partial charge in [-0.05, 0) is 99.7 Å². The number of hydrogen-bond acceptors (Lipinski definition) is 30. The fourth-order valence-electron chi connectivity index (χ4n) is 9.84. The molecule has 6 heterocycles. The normalized spacial score (nSPS) is 12.2. The number of unbranched alkanes of at least 4 members (excludes halogenated alkanes) is 3. The monoisotopic (exact) mass is 1410 g/mol. The molecule has 103 heavy (non-hydrogen) atoms. The molecule has 6 aromatic heterocycles. The van der Waals surface area contributed by atoms with Crippen LogP contribution in [-0.4, -0.2) is 136 Å². The molecule has 540 valence electrons. The minimum absolute atomic E-state index is 0.0163. The maximum Gasteiger partial charge on any atom is 0.308 e. The van der Waals surface area contributed by atoms with Gasteiger partial charge >= 0.3 is 35.8 Å². The second-order valence-electron chi connectivity index (χ2n) is 24.4. The summed E-state index contributed by atoms with van der Waals surface area (Å²) in [6.07, 6.45) is 6.33. The number of hydrogen-bond donors (Lipinski definition) is 0. The van der Waals surface area contributed by atoms with Crippen LogP contribution in [0.1, 0.15) is 148 Å². The number of aromatic nitrogens is 12. The van der Waals surface area contributed by atoms with Crippen molar-refractivity contribution in [3.05, 3.63) is 120 Å². The Morgan fingerprint density at radius 2 is 0.631 bits per heavy atom. The van der Waals surface area contributed by atoms with Gasteiger partial charge in [0.05, 0.1) is 76.7 Å². The third kappa shape index (κ3) is 21.8. The van der Waals surface area contributed by atoms with Crippen LogP contribution in [0.5, 0.6) is 0 Å². The van der Waals surface area contributed by atoms with Crippen LogP contribution in [0.15, 0.2) is 118 Å². The summed E-state index contributed by atoms with van der Waals surface area (Å²) in [6, 6.07) is 26.9. The fourth-order valence-corrected chi connectivity index (χ4v) is 9.84. The fraction of sp³-hybridized carbons (Fsp3) is 0.425. The standard InChI is InChI=1S/C73H80N12O18/c1-7-44(4)71(89)95-34-13-10-31-92-60(86)28-25-57-74-56(80-98-57)38-47-19-16-20-48(37-47)65-77-68(101-83-65)53-41-54(69-78-66(84-102-69)51-23-17-21-49(39-51)63-75-58(99-81-63)26-29-61(87)93-32-11-14-35-96-72(90)45(5)8-2)43-55(42-53)70-79-67(85-103-70)52-24-18-22-50(40-52)64-76-59(100-82-64)27-30-62(88)94-33-12-15-36-97-73(91)46(6)9-3/h16-24,37,39-46H,7-15,25-36,38H2,1-6H3. The number of esters is 6. The zero-order chi connectivity index (χ0) is 72.5. The highest BCUT2D eigenvalue weighted by Gasteiger charge is 2.24. The first-order chi connectivity index (χ1) is 50.1. The van der Waals surface area contributed by atoms with Crippen molar-refractivity contribution >= 4 is 35.8 Å². The van der Waals surface area contributed by atoms with Crippen molar-refractivity contribution in [2.45, 2.75) is 144 Å². The van der Waals surface area contributed by atoms with E-state index in [2.05, 4.69) is 45.9 Å². The van der Waals surface area contributed by atoms with Crippen LogP contribution >= 0.6 is 0 Å². The van der Waals surface area contributed by atoms with E-state index in [9.17, 15) is 28.8 Å². The Labute approximate surface area is 591 Å². The Hall–Kier alpha value is -11.5. The number of aryl methyl sites for hydroxylation is 3. The molecule has 4 aromatic carbocycles. The van der Waals surface area contributed by atoms with Gasteiger partial charge < -0.3 is 55.6 Å². The van der Waals surface area contributed by atoms with Crippen LogP contribution in [0.3, 0.4) is 0 Å². The maximum absolute atomic E-state index is 12.5. The Morgan fingerprint density at radius 1 is 0.340 bits per heavy atom. The Bertz CT molecular complexity index is 4270. The van der Waals surface area contributed by atoms with Crippen molar-refractivity contribution in [1.29, 1.82) is 0 Å². The lowest BCUT2D eigenvalue weighted by Gasteiger charge is -2.09. The Morgan fingerprint density at radius 3 is 0.990 bits per heavy atom. The number of nitrogens with zero attached hydrogens (tertiary/aromatic N) is 12. The summed E-state index contributed by atoms with van der Waals surface area (Å²) < 4.78 is 66.2. The van der Waals surface area contributed by atoms with Gasteiger partial charge in [-0.15, -0.1) is 0 Å². The van der Waals surface area contributed by atoms with Crippen molar-refractivity contribution in [1.82, 2.24) is 60.8 Å². The first-order valence-corrected chi connectivity index (χ1v) is 34.5. The van der Waals surface area contributed by atoms with Crippen molar-refractivity contribution < 1.29 is 84.3 Å². The molecule has 0 radical (unpaired) electrons. The topological polar surface area (TPSA) is 391 Å². The van der Waals surface area contributed by atoms with Crippen LogP contribution in [0, 0.1) is 17.8 Å². The van der Waals surface area contributed by atoms with E-state index in [4.69, 9.17) is 70.5 Å². The van der Waals surface area contributed by atoms with Gasteiger partial charge in [-0.1, -0.05) is 127 Å². The van der Waals surface area contributed by atoms with Crippen molar-refractivity contribution in [2.24, 2.45) is 17.8 Å². The Balaban J connectivity index is 0.811. The second-order valence-corrected chi connectivity index (χ2v) is 24.4. The van der Waals surface area contributed by atoms with E-state index in [0.29, 0.717) is 108 Å². The molecule has 30 heteroatoms. The molecule has 0 saturated heterocycles. The summed E-state index contributed by atoms with van der Waals surface area (Å²) in [5.41, 5.74) is 4.95. The van der Waals surface area contributed by atoms with Crippen LogP contribution < -0.4 is 0 Å². The van der Waals surface area contributed by atoms with Gasteiger partial charge in [-0.3, -0.25) is 28.8 Å². The molecule has 0 aliphatic rings. The molecule has 0 aliphatic heterocycles. The minimum atomic E-state index is -0.428. The van der Waals surface area contributed by atoms with Crippen LogP contribution in [0.25, 0.3) is 91.3 Å². The molecule has 0 aliphatic carbocycles. The van der Waals surface area contributed by atoms with Gasteiger partial charge in [0, 0.05) is 70.2 Å². The summed E-state index contributed by atoms with van der Waals surface area (Å²) in [4.78, 5) is 101. The summed E-state index contributed by atoms with van der Waals surface area (Å²) in [6.45, 7) is 12.6. The number of carbonyl (C=O) groups excluding carboxylic acids is 6. The van der Waals surface area contributed by atoms with E-state index in [-0.39, 0.29) is 185 Å². The predicted molar refractivity (Wildman–Crippen MR) is 363 cm³/mol. The number of rotatable bonds is 40. The molecule has 30 nitrogen and oxygen atoms in total. The molecule has 3 unspecified atom stereocenters. The Kier molecular flexibility index (Phi) is 26.9. The lowest BCUT2D eigenvalue weighted by Crippen LogP contribution is -2.15. The lowest BCUT2D eigenvalue weighted by molar-refractivity contribution is -0.149. The molecule has 0 bridgehead atoms. The predicted octanol–water partition coefficient (Wildman–Crippen LogP) is 12.4. The number of carbonyl (C=O) groups is 6. The smallest absolute Gasteiger partial charge is 0.308 e. The van der Waals surface area contributed by atoms with Gasteiger partial charge in [-0.25, -0.2) is 0 Å². The minimum Gasteiger partial charge on any atom is -0.466 e. The SMILES string of the molecule is CCC(C)C(=O)OCCCCOC(=O)CCc1nc(Cc2cccc(-c3noc(-c4cc(-c5nc(-c6cccc(-c7noc(CCC(=O)OCCCCOC(=O)C(C)CC)n7)c6)no5)cc(-c5nc(-c6cccc(-c7noc(CCC(=O)OCCCCOC(=O)C(C)CC)n7)c6)no5)c4)n3)c2)no1. The van der Waals surface area contributed by atoms with Crippen molar-refractivity contribution in [2.75, 3.05) is 39.6 Å². The van der Waals surface area contributed by atoms with Crippen molar-refractivity contribution in [3.8, 4) is 91.3 Å². The number of benzene rings is 4. The van der Waals surface area contributed by atoms with Gasteiger partial charge in [0.25, 0.3) is 17.7 Å². The zero-order valence-electron chi connectivity index (χ0n) is 58.2. The maximum atomic E-state index is 12.5. The molecular weight excluding hydrogens is 1330 g/mol. The van der Waals surface area contributed by atoms with E-state index in [0.717, 1.165) is 5.56 Å². The largest absolute Gasteiger partial charge is 0.466 e. The molecule has 0 spiro atoms. The first-order valence-electron chi connectivity index (χ1n) is 34.5. The highest BCUT2D eigenvalue weighted by atomic mass is 16.6. The van der Waals surface area contributed by atoms with E-state index in [1.54, 1.807) is 66.7 Å². The van der Waals surface area contributed by atoms with Gasteiger partial charge in [0.1, 0.15) is 0 Å². The first kappa shape index (κ1) is 74.2. The van der Waals surface area contributed by atoms with E-state index in [1.807, 2.05) is 65.8 Å². The molecule has 0 saturated carbocycles. The third-order valence-electron chi connectivity index (χ3n) is 16.5. The summed E-state index contributed by atoms with van der Waals surface area (Å²) in [5, 5.41) is 25.5. The molecule has 10 rings (SSSR count). The van der Waals surface area contributed by atoms with Gasteiger partial charge in [0.15, 0.2) is 5.82 Å². The summed E-state index contributed by atoms with van der Waals surface area (Å²) in [5.74, 6) is 0.265. The molecule has 0 fully saturated rings. The van der Waals surface area contributed by atoms with Crippen LogP contribution in [0.4, 0.5) is 0 Å². The van der Waals surface area contributed by atoms with Crippen molar-refractivity contribution in [3.63, 3.8) is 0 Å². The highest BCUT2D eigenvalue weighted by Crippen LogP contribution is 2.35. The van der Waals surface area contributed by atoms with Gasteiger partial charge in [0.2, 0.25) is 46.8 Å². The molecule has 10 aromatic rings. The molecular formula is C73H80N12O18. The van der Waals surface area contributed by atoms with E-state index in [1.165, 1.54) is 0 Å². The quantitative estimate of drug-likeness (QED) is 0.0195. The molecule has 3 atom stereocenters. The third-order valence-corrected chi connectivity index (χ3v) is 16.5. The highest BCUT2D eigenvalue weighted by molar-refractivity contribution is 5.77. The lowest BCUT2D eigenvalue weighted by atomic mass is 10.0. The second kappa shape index (κ2) is 37.3. The average Bonchev–Trinajstić information content (AvgIpc) is 1.68.